The summed E-state index contributed by atoms with van der Waals surface area (Å²) >= 11 is 0. The van der Waals surface area contributed by atoms with Gasteiger partial charge in [-0.05, 0) is 95.0 Å². The van der Waals surface area contributed by atoms with Crippen molar-refractivity contribution in [3.05, 3.63) is 93.0 Å². The third-order valence-electron chi connectivity index (χ3n) is 12.1. The van der Waals surface area contributed by atoms with Crippen molar-refractivity contribution in [2.24, 2.45) is 0 Å². The number of hydrogen-bond acceptors (Lipinski definition) is 9. The molecule has 0 radical (unpaired) electrons. The lowest BCUT2D eigenvalue weighted by Crippen LogP contribution is -2.27. The van der Waals surface area contributed by atoms with Crippen LogP contribution in [0, 0.1) is 0 Å². The van der Waals surface area contributed by atoms with Crippen LogP contribution in [0.3, 0.4) is 0 Å². The van der Waals surface area contributed by atoms with Gasteiger partial charge in [0.05, 0.1) is 26.4 Å². The van der Waals surface area contributed by atoms with Crippen molar-refractivity contribution in [1.29, 1.82) is 0 Å². The third kappa shape index (κ3) is 17.8. The lowest BCUT2D eigenvalue weighted by molar-refractivity contribution is -0.115. The molecular weight excluding hydrogens is 909 g/mol. The smallest absolute Gasteiger partial charge is 0.412 e. The van der Waals surface area contributed by atoms with Gasteiger partial charge in [0.2, 0.25) is 17.7 Å². The summed E-state index contributed by atoms with van der Waals surface area (Å²) in [4.78, 5) is 52.3. The minimum absolute atomic E-state index is 0.218. The van der Waals surface area contributed by atoms with E-state index in [2.05, 4.69) is 49.0 Å². The van der Waals surface area contributed by atoms with Crippen molar-refractivity contribution in [3.63, 3.8) is 0 Å². The molecule has 4 N–H and O–H groups in total. The number of nitrogens with one attached hydrogen (secondary N) is 4. The van der Waals surface area contributed by atoms with E-state index in [0.717, 1.165) is 122 Å². The number of rotatable bonds is 24. The fraction of sp³-hybridized carbons (Fsp3) is 0.525. The fourth-order valence-electron chi connectivity index (χ4n) is 9.06. The van der Waals surface area contributed by atoms with E-state index in [1.807, 2.05) is 69.3 Å². The number of anilines is 4. The Balaban J connectivity index is 1.96. The molecule has 1 aliphatic carbocycles. The van der Waals surface area contributed by atoms with Gasteiger partial charge in [0.25, 0.3) is 0 Å². The highest BCUT2D eigenvalue weighted by Crippen LogP contribution is 2.43. The highest BCUT2D eigenvalue weighted by atomic mass is 16.6. The van der Waals surface area contributed by atoms with E-state index in [0.29, 0.717) is 97.9 Å². The van der Waals surface area contributed by atoms with E-state index in [1.54, 1.807) is 0 Å². The maximum atomic E-state index is 13.6. The van der Waals surface area contributed by atoms with Crippen LogP contribution in [0.4, 0.5) is 27.5 Å². The summed E-state index contributed by atoms with van der Waals surface area (Å²) in [5.74, 6) is 2.03. The second-order valence-electron chi connectivity index (χ2n) is 20.1. The molecule has 4 aromatic carbocycles. The van der Waals surface area contributed by atoms with Gasteiger partial charge in [0, 0.05) is 114 Å². The quantitative estimate of drug-likeness (QED) is 0.0441. The van der Waals surface area contributed by atoms with E-state index in [9.17, 15) is 19.2 Å². The molecule has 0 fully saturated rings. The summed E-state index contributed by atoms with van der Waals surface area (Å²) in [6.07, 6.45) is 12.0. The van der Waals surface area contributed by atoms with Crippen LogP contribution in [0.25, 0.3) is 0 Å². The summed E-state index contributed by atoms with van der Waals surface area (Å²) in [6.45, 7) is 20.4. The molecular formula is C59H82N4O9. The highest BCUT2D eigenvalue weighted by Gasteiger charge is 2.26. The number of ether oxygens (including phenoxy) is 5. The first-order valence-electron chi connectivity index (χ1n) is 26.5. The van der Waals surface area contributed by atoms with Gasteiger partial charge >= 0.3 is 6.09 Å². The minimum atomic E-state index is -0.750. The molecule has 0 atom stereocenters. The predicted octanol–water partition coefficient (Wildman–Crippen LogP) is 13.9. The Morgan fingerprint density at radius 2 is 0.611 bits per heavy atom. The Morgan fingerprint density at radius 3 is 0.806 bits per heavy atom. The molecule has 4 amide bonds. The standard InChI is InChI=1S/C59H82N4O9/c1-11-15-19-23-68-54-42-27-44-33-51(61-40(6)65)35-46(55(44)69-24-20-16-12-2)29-48-37-53(63-58(67)72-59(8,9)10)38-49(57(48)71-26-22-18-14-4)30-47-36-52(62-41(7)66)34-45(56(47)70-25-21-17-13-3)28-43(54)32-50(31-42)60-39(5)64/h31-38H,11-30H2,1-10H3,(H,60,64)(H,61,65)(H,62,66)(H,63,67). The number of carbonyl (C=O) groups is 4. The molecule has 0 saturated heterocycles. The number of fused-ring (bicyclic) bond motifs is 8. The molecule has 0 aliphatic heterocycles. The maximum absolute atomic E-state index is 13.6. The Labute approximate surface area is 429 Å². The van der Waals surface area contributed by atoms with Crippen molar-refractivity contribution >= 4 is 46.6 Å². The van der Waals surface area contributed by atoms with E-state index >= 15 is 0 Å². The zero-order valence-corrected chi connectivity index (χ0v) is 44.9. The highest BCUT2D eigenvalue weighted by molar-refractivity contribution is 5.91. The molecule has 0 heterocycles. The van der Waals surface area contributed by atoms with Crippen molar-refractivity contribution in [2.75, 3.05) is 47.7 Å². The number of unbranched alkanes of at least 4 members (excludes halogenated alkanes) is 8. The molecule has 4 aromatic rings. The zero-order chi connectivity index (χ0) is 52.2. The Bertz CT molecular complexity index is 2350. The molecule has 13 heteroatoms. The molecule has 13 nitrogen and oxygen atoms in total. The average molecular weight is 991 g/mol. The first kappa shape index (κ1) is 56.7. The second-order valence-corrected chi connectivity index (χ2v) is 20.1. The fourth-order valence-corrected chi connectivity index (χ4v) is 9.06. The molecule has 0 unspecified atom stereocenters. The van der Waals surface area contributed by atoms with E-state index in [-0.39, 0.29) is 17.7 Å². The lowest BCUT2D eigenvalue weighted by Gasteiger charge is -2.25. The van der Waals surface area contributed by atoms with Crippen LogP contribution in [-0.2, 0) is 44.8 Å². The topological polar surface area (TPSA) is 163 Å². The Morgan fingerprint density at radius 1 is 0.389 bits per heavy atom. The number of benzene rings is 4. The van der Waals surface area contributed by atoms with Crippen molar-refractivity contribution in [3.8, 4) is 23.0 Å². The Kier molecular flexibility index (Phi) is 22.1. The van der Waals surface area contributed by atoms with Crippen LogP contribution in [0.1, 0.15) is 191 Å². The number of amides is 4. The lowest BCUT2D eigenvalue weighted by atomic mass is 9.90. The average Bonchev–Trinajstić information content (AvgIpc) is 3.28. The Hall–Kier alpha value is -6.24. The largest absolute Gasteiger partial charge is 0.493 e. The van der Waals surface area contributed by atoms with E-state index < -0.39 is 11.7 Å². The third-order valence-corrected chi connectivity index (χ3v) is 12.1. The van der Waals surface area contributed by atoms with Crippen LogP contribution in [0.15, 0.2) is 48.5 Å². The number of carbonyl (C=O) groups excluding carboxylic acids is 4. The monoisotopic (exact) mass is 991 g/mol. The molecule has 8 bridgehead atoms. The zero-order valence-electron chi connectivity index (χ0n) is 44.9. The van der Waals surface area contributed by atoms with E-state index in [1.165, 1.54) is 20.8 Å². The summed E-state index contributed by atoms with van der Waals surface area (Å²) in [5.41, 5.74) is 7.98. The van der Waals surface area contributed by atoms with Gasteiger partial charge in [0.1, 0.15) is 28.6 Å². The molecule has 5 rings (SSSR count). The predicted molar refractivity (Wildman–Crippen MR) is 290 cm³/mol. The van der Waals surface area contributed by atoms with Gasteiger partial charge in [-0.15, -0.1) is 0 Å². The van der Waals surface area contributed by atoms with Gasteiger partial charge in [-0.3, -0.25) is 19.7 Å². The SMILES string of the molecule is CCCCCOc1c2cc(NC(C)=O)cc1Cc1cc(NC(C)=O)cc(c1OCCCCC)Cc1cc(NC(=O)OC(C)(C)C)cc(c1OCCCCC)Cc1cc(NC(C)=O)cc(c1OCCCCC)C2. The molecule has 72 heavy (non-hydrogen) atoms. The van der Waals surface area contributed by atoms with Gasteiger partial charge in [0.15, 0.2) is 0 Å². The van der Waals surface area contributed by atoms with Crippen LogP contribution < -0.4 is 40.2 Å². The molecule has 0 spiro atoms. The van der Waals surface area contributed by atoms with Crippen LogP contribution in [0.5, 0.6) is 23.0 Å². The second kappa shape index (κ2) is 28.1. The van der Waals surface area contributed by atoms with Gasteiger partial charge in [-0.25, -0.2) is 4.79 Å². The summed E-state index contributed by atoms with van der Waals surface area (Å²) in [5, 5.41) is 12.2. The van der Waals surface area contributed by atoms with Crippen molar-refractivity contribution in [2.45, 2.75) is 178 Å². The first-order valence-corrected chi connectivity index (χ1v) is 26.5. The van der Waals surface area contributed by atoms with Gasteiger partial charge in [-0.1, -0.05) is 79.1 Å². The van der Waals surface area contributed by atoms with Gasteiger partial charge < -0.3 is 39.6 Å². The molecule has 392 valence electrons. The minimum Gasteiger partial charge on any atom is -0.493 e. The van der Waals surface area contributed by atoms with Gasteiger partial charge in [-0.2, -0.15) is 0 Å². The molecule has 0 saturated carbocycles. The molecule has 1 aliphatic rings. The number of hydrogen-bond donors (Lipinski definition) is 4. The first-order chi connectivity index (χ1) is 34.5. The van der Waals surface area contributed by atoms with Crippen LogP contribution in [-0.4, -0.2) is 55.8 Å². The van der Waals surface area contributed by atoms with E-state index in [4.69, 9.17) is 23.7 Å². The summed E-state index contributed by atoms with van der Waals surface area (Å²) in [6, 6.07) is 15.7. The van der Waals surface area contributed by atoms with Crippen LogP contribution in [0.2, 0.25) is 0 Å². The van der Waals surface area contributed by atoms with Crippen molar-refractivity contribution in [1.82, 2.24) is 0 Å². The molecule has 0 aromatic heterocycles. The summed E-state index contributed by atoms with van der Waals surface area (Å²) in [7, 11) is 0. The normalized spacial score (nSPS) is 12.1. The van der Waals surface area contributed by atoms with Crippen LogP contribution >= 0.6 is 0 Å². The van der Waals surface area contributed by atoms with Crippen molar-refractivity contribution < 1.29 is 42.9 Å². The summed E-state index contributed by atoms with van der Waals surface area (Å²) < 4.78 is 33.4. The maximum Gasteiger partial charge on any atom is 0.412 e.